The molecule has 0 saturated heterocycles. The zero-order chi connectivity index (χ0) is 13.1. The van der Waals surface area contributed by atoms with E-state index in [0.717, 1.165) is 0 Å². The average Bonchev–Trinajstić information content (AvgIpc) is 2.21. The predicted molar refractivity (Wildman–Crippen MR) is 70.8 cm³/mol. The Hall–Kier alpha value is -0.820. The number of nitrogens with one attached hydrogen (secondary N) is 1. The molecule has 0 aliphatic carbocycles. The second kappa shape index (κ2) is 5.68. The number of nitrogens with zero attached hydrogens (tertiary/aromatic N) is 1. The molecule has 1 aromatic heterocycles. The van der Waals surface area contributed by atoms with E-state index in [2.05, 4.69) is 25.6 Å². The van der Waals surface area contributed by atoms with Crippen molar-refractivity contribution >= 4 is 31.6 Å². The first-order valence-corrected chi connectivity index (χ1v) is 7.50. The number of sulfonamides is 1. The number of rotatable bonds is 5. The van der Waals surface area contributed by atoms with Crippen LogP contribution in [0.5, 0.6) is 5.88 Å². The first kappa shape index (κ1) is 14.2. The summed E-state index contributed by atoms with van der Waals surface area (Å²) >= 11 is 3.24. The lowest BCUT2D eigenvalue weighted by Crippen LogP contribution is -2.23. The molecular formula is C10H15BrN2O3S. The van der Waals surface area contributed by atoms with Crippen molar-refractivity contribution in [2.75, 3.05) is 11.3 Å². The number of hydrogen-bond donors (Lipinski definition) is 1. The lowest BCUT2D eigenvalue weighted by Gasteiger charge is -2.13. The van der Waals surface area contributed by atoms with Crippen LogP contribution in [0.25, 0.3) is 0 Å². The highest BCUT2D eigenvalue weighted by Crippen LogP contribution is 2.26. The Morgan fingerprint density at radius 1 is 1.53 bits per heavy atom. The van der Waals surface area contributed by atoms with E-state index in [4.69, 9.17) is 4.74 Å². The van der Waals surface area contributed by atoms with Gasteiger partial charge in [0.2, 0.25) is 15.9 Å². The van der Waals surface area contributed by atoms with Crippen LogP contribution in [-0.2, 0) is 10.0 Å². The summed E-state index contributed by atoms with van der Waals surface area (Å²) in [5.74, 6) is 0.278. The predicted octanol–water partition coefficient (Wildman–Crippen LogP) is 2.39. The van der Waals surface area contributed by atoms with Crippen molar-refractivity contribution < 1.29 is 13.2 Å². The van der Waals surface area contributed by atoms with Crippen LogP contribution in [0.3, 0.4) is 0 Å². The van der Waals surface area contributed by atoms with Gasteiger partial charge in [0.1, 0.15) is 5.69 Å². The maximum absolute atomic E-state index is 11.8. The molecule has 1 N–H and O–H groups in total. The summed E-state index contributed by atoms with van der Waals surface area (Å²) in [6.07, 6.45) is 1.55. The Morgan fingerprint density at radius 3 is 2.71 bits per heavy atom. The molecule has 0 aromatic carbocycles. The second-order valence-corrected chi connectivity index (χ2v) is 6.79. The van der Waals surface area contributed by atoms with Crippen LogP contribution in [0, 0.1) is 0 Å². The third kappa shape index (κ3) is 3.85. The van der Waals surface area contributed by atoms with Gasteiger partial charge < -0.3 is 4.74 Å². The molecule has 0 aliphatic rings. The van der Waals surface area contributed by atoms with Crippen LogP contribution in [0.2, 0.25) is 0 Å². The quantitative estimate of drug-likeness (QED) is 0.903. The summed E-state index contributed by atoms with van der Waals surface area (Å²) in [6.45, 7) is 5.44. The second-order valence-electron chi connectivity index (χ2n) is 3.64. The van der Waals surface area contributed by atoms with Gasteiger partial charge in [0, 0.05) is 10.7 Å². The summed E-state index contributed by atoms with van der Waals surface area (Å²) in [4.78, 5) is 4.02. The normalized spacial score (nSPS) is 11.6. The maximum atomic E-state index is 11.8. The third-order valence-corrected chi connectivity index (χ3v) is 4.15. The van der Waals surface area contributed by atoms with Crippen molar-refractivity contribution in [1.29, 1.82) is 0 Å². The van der Waals surface area contributed by atoms with Crippen molar-refractivity contribution in [2.45, 2.75) is 26.0 Å². The van der Waals surface area contributed by atoms with Crippen LogP contribution >= 0.6 is 15.9 Å². The molecule has 1 rings (SSSR count). The molecule has 5 nitrogen and oxygen atoms in total. The highest BCUT2D eigenvalue weighted by atomic mass is 79.9. The van der Waals surface area contributed by atoms with Crippen LogP contribution < -0.4 is 9.46 Å². The van der Waals surface area contributed by atoms with Crippen molar-refractivity contribution in [3.63, 3.8) is 0 Å². The van der Waals surface area contributed by atoms with Gasteiger partial charge in [0.15, 0.2) is 0 Å². The molecule has 1 heterocycles. The van der Waals surface area contributed by atoms with E-state index >= 15 is 0 Å². The molecule has 0 aliphatic heterocycles. The topological polar surface area (TPSA) is 68.3 Å². The molecule has 0 spiro atoms. The van der Waals surface area contributed by atoms with E-state index in [-0.39, 0.29) is 5.88 Å². The minimum absolute atomic E-state index is 0.278. The number of aromatic nitrogens is 1. The Bertz CT molecular complexity index is 488. The standard InChI is InChI=1S/C10H15BrN2O3S/c1-4-16-10-9(5-8(11)6-12-10)13-17(14,15)7(2)3/h5-7,13H,4H2,1-3H3. The van der Waals surface area contributed by atoms with E-state index in [9.17, 15) is 8.42 Å². The van der Waals surface area contributed by atoms with Gasteiger partial charge in [-0.3, -0.25) is 4.72 Å². The lowest BCUT2D eigenvalue weighted by molar-refractivity contribution is 0.328. The fourth-order valence-corrected chi connectivity index (χ4v) is 2.04. The number of anilines is 1. The Labute approximate surface area is 110 Å². The molecule has 96 valence electrons. The lowest BCUT2D eigenvalue weighted by atomic mass is 10.4. The smallest absolute Gasteiger partial charge is 0.238 e. The SMILES string of the molecule is CCOc1ncc(Br)cc1NS(=O)(=O)C(C)C. The monoisotopic (exact) mass is 322 g/mol. The Morgan fingerprint density at radius 2 is 2.18 bits per heavy atom. The first-order valence-electron chi connectivity index (χ1n) is 5.16. The summed E-state index contributed by atoms with van der Waals surface area (Å²) in [5, 5.41) is -0.518. The molecule has 0 amide bonds. The van der Waals surface area contributed by atoms with Crippen LogP contribution in [0.15, 0.2) is 16.7 Å². The fourth-order valence-electron chi connectivity index (χ4n) is 1.02. The largest absolute Gasteiger partial charge is 0.476 e. The van der Waals surface area contributed by atoms with Crippen LogP contribution in [-0.4, -0.2) is 25.3 Å². The van der Waals surface area contributed by atoms with Crippen LogP contribution in [0.4, 0.5) is 5.69 Å². The van der Waals surface area contributed by atoms with Gasteiger partial charge in [-0.2, -0.15) is 0 Å². The van der Waals surface area contributed by atoms with Gasteiger partial charge >= 0.3 is 0 Å². The minimum Gasteiger partial charge on any atom is -0.476 e. The van der Waals surface area contributed by atoms with Gasteiger partial charge in [-0.05, 0) is 42.8 Å². The summed E-state index contributed by atoms with van der Waals surface area (Å²) in [5.41, 5.74) is 0.343. The molecule has 1 aromatic rings. The van der Waals surface area contributed by atoms with Gasteiger partial charge in [-0.15, -0.1) is 0 Å². The van der Waals surface area contributed by atoms with Crippen molar-refractivity contribution in [2.24, 2.45) is 0 Å². The number of hydrogen-bond acceptors (Lipinski definition) is 4. The number of pyridine rings is 1. The fraction of sp³-hybridized carbons (Fsp3) is 0.500. The molecule has 0 fully saturated rings. The molecular weight excluding hydrogens is 308 g/mol. The summed E-state index contributed by atoms with van der Waals surface area (Å²) in [7, 11) is -3.40. The minimum atomic E-state index is -3.40. The van der Waals surface area contributed by atoms with E-state index in [0.29, 0.717) is 16.8 Å². The van der Waals surface area contributed by atoms with E-state index in [1.807, 2.05) is 6.92 Å². The highest BCUT2D eigenvalue weighted by Gasteiger charge is 2.18. The van der Waals surface area contributed by atoms with Gasteiger partial charge in [0.25, 0.3) is 0 Å². The zero-order valence-electron chi connectivity index (χ0n) is 9.90. The molecule has 17 heavy (non-hydrogen) atoms. The Balaban J connectivity index is 3.08. The third-order valence-electron chi connectivity index (χ3n) is 1.97. The van der Waals surface area contributed by atoms with Crippen molar-refractivity contribution in [3.05, 3.63) is 16.7 Å². The highest BCUT2D eigenvalue weighted by molar-refractivity contribution is 9.10. The molecule has 0 atom stereocenters. The van der Waals surface area contributed by atoms with Crippen LogP contribution in [0.1, 0.15) is 20.8 Å². The van der Waals surface area contributed by atoms with Gasteiger partial charge in [0.05, 0.1) is 11.9 Å². The summed E-state index contributed by atoms with van der Waals surface area (Å²) in [6, 6.07) is 1.62. The average molecular weight is 323 g/mol. The first-order chi connectivity index (χ1) is 7.86. The molecule has 0 radical (unpaired) electrons. The zero-order valence-corrected chi connectivity index (χ0v) is 12.3. The van der Waals surface area contributed by atoms with Gasteiger partial charge in [-0.1, -0.05) is 0 Å². The van der Waals surface area contributed by atoms with Crippen molar-refractivity contribution in [3.8, 4) is 5.88 Å². The van der Waals surface area contributed by atoms with Gasteiger partial charge in [-0.25, -0.2) is 13.4 Å². The molecule has 0 unspecified atom stereocenters. The van der Waals surface area contributed by atoms with E-state index in [1.165, 1.54) is 0 Å². The molecule has 0 saturated carbocycles. The summed E-state index contributed by atoms with van der Waals surface area (Å²) < 4.78 is 31.9. The van der Waals surface area contributed by atoms with Crippen molar-refractivity contribution in [1.82, 2.24) is 4.98 Å². The number of ether oxygens (including phenoxy) is 1. The number of halogens is 1. The molecule has 7 heteroatoms. The maximum Gasteiger partial charge on any atom is 0.238 e. The van der Waals surface area contributed by atoms with E-state index in [1.54, 1.807) is 26.1 Å². The van der Waals surface area contributed by atoms with E-state index < -0.39 is 15.3 Å². The Kier molecular flexibility index (Phi) is 4.76. The molecule has 0 bridgehead atoms.